The van der Waals surface area contributed by atoms with Crippen LogP contribution in [-0.4, -0.2) is 51.1 Å². The number of anilines is 1. The quantitative estimate of drug-likeness (QED) is 0.142. The van der Waals surface area contributed by atoms with E-state index in [0.717, 1.165) is 5.56 Å². The van der Waals surface area contributed by atoms with Crippen LogP contribution >= 0.6 is 24.8 Å². The second kappa shape index (κ2) is 15.2. The predicted molar refractivity (Wildman–Crippen MR) is 180 cm³/mol. The van der Waals surface area contributed by atoms with Crippen molar-refractivity contribution in [3.8, 4) is 45.6 Å². The number of carbonyl (C=O) groups excluding carboxylic acids is 1. The third-order valence-corrected chi connectivity index (χ3v) is 7.07. The number of benzene rings is 3. The summed E-state index contributed by atoms with van der Waals surface area (Å²) < 4.78 is 35.1. The minimum Gasteiger partial charge on any atom is -0.493 e. The molecular formula is C33H33Cl2N3O8. The highest BCUT2D eigenvalue weighted by molar-refractivity contribution is 6.08. The smallest absolute Gasteiger partial charge is 0.355 e. The first-order chi connectivity index (χ1) is 21.3. The van der Waals surface area contributed by atoms with Gasteiger partial charge in [0.1, 0.15) is 12.3 Å². The van der Waals surface area contributed by atoms with Gasteiger partial charge >= 0.3 is 5.97 Å². The fraction of sp³-hybridized carbons (Fsp3) is 0.182. The zero-order valence-corrected chi connectivity index (χ0v) is 27.3. The van der Waals surface area contributed by atoms with Crippen molar-refractivity contribution in [2.75, 3.05) is 41.3 Å². The predicted octanol–water partition coefficient (Wildman–Crippen LogP) is 5.88. The molecule has 46 heavy (non-hydrogen) atoms. The van der Waals surface area contributed by atoms with Gasteiger partial charge < -0.3 is 34.2 Å². The molecule has 0 spiro atoms. The van der Waals surface area contributed by atoms with Crippen molar-refractivity contribution in [2.24, 2.45) is 0 Å². The summed E-state index contributed by atoms with van der Waals surface area (Å²) in [7, 11) is 7.21. The van der Waals surface area contributed by atoms with Crippen molar-refractivity contribution in [1.82, 2.24) is 9.55 Å². The molecule has 2 aromatic heterocycles. The molecule has 0 saturated carbocycles. The number of carbonyl (C=O) groups is 1. The van der Waals surface area contributed by atoms with Gasteiger partial charge in [-0.2, -0.15) is 0 Å². The number of ether oxygens (including phenoxy) is 6. The van der Waals surface area contributed by atoms with E-state index in [0.29, 0.717) is 56.6 Å². The highest BCUT2D eigenvalue weighted by Crippen LogP contribution is 2.45. The molecule has 2 N–H and O–H groups in total. The molecular weight excluding hydrogens is 637 g/mol. The van der Waals surface area contributed by atoms with Gasteiger partial charge in [-0.15, -0.1) is 24.8 Å². The molecule has 2 heterocycles. The maximum Gasteiger partial charge on any atom is 0.355 e. The van der Waals surface area contributed by atoms with Gasteiger partial charge in [-0.25, -0.2) is 4.79 Å². The number of nitrogens with zero attached hydrogens (tertiary/aromatic N) is 2. The van der Waals surface area contributed by atoms with Gasteiger partial charge in [-0.3, -0.25) is 14.3 Å². The molecule has 3 aromatic carbocycles. The molecule has 0 aliphatic carbocycles. The summed E-state index contributed by atoms with van der Waals surface area (Å²) in [6.07, 6.45) is 3.36. The first-order valence-corrected chi connectivity index (χ1v) is 13.4. The average Bonchev–Trinajstić information content (AvgIpc) is 3.06. The van der Waals surface area contributed by atoms with Crippen molar-refractivity contribution < 1.29 is 33.2 Å². The number of pyridine rings is 2. The number of hydrogen-bond donors (Lipinski definition) is 1. The Kier molecular flexibility index (Phi) is 11.7. The lowest BCUT2D eigenvalue weighted by Gasteiger charge is -2.21. The van der Waals surface area contributed by atoms with Crippen LogP contribution in [0.2, 0.25) is 0 Å². The number of aromatic nitrogens is 2. The van der Waals surface area contributed by atoms with E-state index in [9.17, 15) is 9.59 Å². The Balaban J connectivity index is 0.00000288. The molecule has 0 amide bonds. The molecule has 5 aromatic rings. The lowest BCUT2D eigenvalue weighted by molar-refractivity contribution is 0.0591. The Labute approximate surface area is 277 Å². The number of hydrogen-bond acceptors (Lipinski definition) is 10. The fourth-order valence-corrected chi connectivity index (χ4v) is 5.00. The van der Waals surface area contributed by atoms with Crippen molar-refractivity contribution in [3.63, 3.8) is 0 Å². The summed E-state index contributed by atoms with van der Waals surface area (Å²) in [6.45, 7) is 0.182. The van der Waals surface area contributed by atoms with Crippen molar-refractivity contribution in [2.45, 2.75) is 6.61 Å². The molecule has 0 aliphatic rings. The number of fused-ring (bicyclic) bond motifs is 1. The first kappa shape index (κ1) is 35.4. The zero-order chi connectivity index (χ0) is 31.4. The minimum absolute atomic E-state index is 0. The number of nitrogen functional groups attached to an aromatic ring is 1. The van der Waals surface area contributed by atoms with Crippen LogP contribution in [0.4, 0.5) is 5.69 Å². The normalized spacial score (nSPS) is 10.3. The van der Waals surface area contributed by atoms with Crippen LogP contribution in [0.25, 0.3) is 27.6 Å². The minimum atomic E-state index is -0.752. The van der Waals surface area contributed by atoms with E-state index in [1.165, 1.54) is 40.1 Å². The first-order valence-electron chi connectivity index (χ1n) is 13.4. The van der Waals surface area contributed by atoms with E-state index in [1.54, 1.807) is 67.0 Å². The standard InChI is InChI=1S/C33H31N3O8.2ClH/c1-39-25-16-24-23(15-26(25)44-18-19-7-6-12-35-17-19)29(20-13-27(40-2)31(42-4)28(14-20)41-3)30(33(38)43-5)36(32(24)37)22-10-8-21(34)9-11-22;;/h6-17H,18,34H2,1-5H3;2*1H. The number of rotatable bonds is 10. The average molecular weight is 671 g/mol. The third kappa shape index (κ3) is 6.60. The van der Waals surface area contributed by atoms with Gasteiger partial charge in [0.2, 0.25) is 5.75 Å². The largest absolute Gasteiger partial charge is 0.493 e. The Bertz CT molecular complexity index is 1870. The molecule has 0 saturated heterocycles. The summed E-state index contributed by atoms with van der Waals surface area (Å²) >= 11 is 0. The van der Waals surface area contributed by atoms with E-state index in [-0.39, 0.29) is 42.5 Å². The van der Waals surface area contributed by atoms with Gasteiger partial charge in [0.05, 0.1) is 40.9 Å². The zero-order valence-electron chi connectivity index (χ0n) is 25.7. The lowest BCUT2D eigenvalue weighted by atomic mass is 9.95. The molecule has 13 heteroatoms. The van der Waals surface area contributed by atoms with Crippen LogP contribution in [0, 0.1) is 0 Å². The molecule has 0 radical (unpaired) electrons. The highest BCUT2D eigenvalue weighted by atomic mass is 35.5. The van der Waals surface area contributed by atoms with Gasteiger partial charge in [0.15, 0.2) is 23.0 Å². The summed E-state index contributed by atoms with van der Waals surface area (Å²) in [5.74, 6) is 0.965. The highest BCUT2D eigenvalue weighted by Gasteiger charge is 2.28. The van der Waals surface area contributed by atoms with Crippen molar-refractivity contribution in [3.05, 3.63) is 94.7 Å². The van der Waals surface area contributed by atoms with E-state index in [1.807, 2.05) is 6.07 Å². The monoisotopic (exact) mass is 669 g/mol. The summed E-state index contributed by atoms with van der Waals surface area (Å²) in [4.78, 5) is 32.1. The molecule has 0 fully saturated rings. The van der Waals surface area contributed by atoms with Gasteiger partial charge in [0.25, 0.3) is 5.56 Å². The van der Waals surface area contributed by atoms with Crippen LogP contribution in [0.3, 0.4) is 0 Å². The molecule has 0 aliphatic heterocycles. The van der Waals surface area contributed by atoms with E-state index in [2.05, 4.69) is 4.98 Å². The Morgan fingerprint density at radius 3 is 1.98 bits per heavy atom. The Morgan fingerprint density at radius 1 is 0.804 bits per heavy atom. The van der Waals surface area contributed by atoms with Crippen LogP contribution in [0.1, 0.15) is 16.1 Å². The molecule has 0 unspecified atom stereocenters. The summed E-state index contributed by atoms with van der Waals surface area (Å²) in [5.41, 5.74) is 7.98. The maximum absolute atomic E-state index is 14.3. The second-order valence-electron chi connectivity index (χ2n) is 9.56. The van der Waals surface area contributed by atoms with Gasteiger partial charge in [-0.05, 0) is 60.2 Å². The molecule has 11 nitrogen and oxygen atoms in total. The number of methoxy groups -OCH3 is 5. The van der Waals surface area contributed by atoms with Crippen molar-refractivity contribution in [1.29, 1.82) is 0 Å². The SMILES string of the molecule is COC(=O)c1c(-c2cc(OC)c(OC)c(OC)c2)c2cc(OCc3cccnc3)c(OC)cc2c(=O)n1-c1ccc(N)cc1.Cl.Cl. The number of esters is 1. The van der Waals surface area contributed by atoms with E-state index >= 15 is 0 Å². The topological polar surface area (TPSA) is 133 Å². The third-order valence-electron chi connectivity index (χ3n) is 7.07. The fourth-order valence-electron chi connectivity index (χ4n) is 5.00. The van der Waals surface area contributed by atoms with Crippen LogP contribution in [-0.2, 0) is 11.3 Å². The molecule has 0 bridgehead atoms. The van der Waals surface area contributed by atoms with E-state index in [4.69, 9.17) is 34.2 Å². The summed E-state index contributed by atoms with van der Waals surface area (Å²) in [5, 5.41) is 0.655. The Hall–Kier alpha value is -5.13. The maximum atomic E-state index is 14.3. The number of halogens is 2. The van der Waals surface area contributed by atoms with E-state index < -0.39 is 11.5 Å². The van der Waals surface area contributed by atoms with Crippen LogP contribution in [0.5, 0.6) is 28.7 Å². The Morgan fingerprint density at radius 2 is 1.43 bits per heavy atom. The van der Waals surface area contributed by atoms with Crippen LogP contribution in [0.15, 0.2) is 77.9 Å². The molecule has 242 valence electrons. The van der Waals surface area contributed by atoms with Crippen molar-refractivity contribution >= 4 is 47.2 Å². The lowest BCUT2D eigenvalue weighted by Crippen LogP contribution is -2.27. The van der Waals surface area contributed by atoms with Gasteiger partial charge in [0, 0.05) is 40.3 Å². The summed E-state index contributed by atoms with van der Waals surface area (Å²) in [6, 6.07) is 16.9. The van der Waals surface area contributed by atoms with Gasteiger partial charge in [-0.1, -0.05) is 6.07 Å². The number of nitrogens with two attached hydrogens (primary N) is 1. The molecule has 5 rings (SSSR count). The van der Waals surface area contributed by atoms with Crippen LogP contribution < -0.4 is 35.0 Å². The second-order valence-corrected chi connectivity index (χ2v) is 9.56. The molecule has 0 atom stereocenters.